The molecule has 0 aromatic heterocycles. The van der Waals surface area contributed by atoms with E-state index in [1.165, 1.54) is 0 Å². The molecule has 0 spiro atoms. The van der Waals surface area contributed by atoms with Crippen LogP contribution in [0.4, 0.5) is 0 Å². The second kappa shape index (κ2) is 6.86. The minimum Gasteiger partial charge on any atom is -0.354 e. The normalized spacial score (nSPS) is 19.8. The SMILES string of the molecule is CC(C)CNC(=O)C(C)NC1CCNCC1. The van der Waals surface area contributed by atoms with Crippen LogP contribution in [0.25, 0.3) is 0 Å². The van der Waals surface area contributed by atoms with Crippen molar-refractivity contribution in [3.63, 3.8) is 0 Å². The topological polar surface area (TPSA) is 53.2 Å². The van der Waals surface area contributed by atoms with Crippen molar-refractivity contribution in [3.8, 4) is 0 Å². The van der Waals surface area contributed by atoms with Gasteiger partial charge in [-0.1, -0.05) is 13.8 Å². The number of carbonyl (C=O) groups excluding carboxylic acids is 1. The summed E-state index contributed by atoms with van der Waals surface area (Å²) in [6.07, 6.45) is 2.23. The fourth-order valence-corrected chi connectivity index (χ4v) is 1.88. The molecule has 94 valence electrons. The predicted molar refractivity (Wildman–Crippen MR) is 66.3 cm³/mol. The number of hydrogen-bond acceptors (Lipinski definition) is 3. The van der Waals surface area contributed by atoms with Crippen LogP contribution >= 0.6 is 0 Å². The Morgan fingerprint density at radius 2 is 1.94 bits per heavy atom. The van der Waals surface area contributed by atoms with Gasteiger partial charge in [-0.3, -0.25) is 4.79 Å². The Labute approximate surface area is 98.6 Å². The molecule has 1 amide bonds. The molecule has 1 saturated heterocycles. The Morgan fingerprint density at radius 3 is 2.50 bits per heavy atom. The standard InChI is InChI=1S/C12H25N3O/c1-9(2)8-14-12(16)10(3)15-11-4-6-13-7-5-11/h9-11,13,15H,4-8H2,1-3H3,(H,14,16). The molecule has 1 rings (SSSR count). The minimum absolute atomic E-state index is 0.0816. The van der Waals surface area contributed by atoms with Crippen molar-refractivity contribution in [1.82, 2.24) is 16.0 Å². The van der Waals surface area contributed by atoms with Crippen molar-refractivity contribution in [3.05, 3.63) is 0 Å². The Morgan fingerprint density at radius 1 is 1.31 bits per heavy atom. The molecule has 1 atom stereocenters. The highest BCUT2D eigenvalue weighted by Gasteiger charge is 2.19. The van der Waals surface area contributed by atoms with Gasteiger partial charge in [-0.15, -0.1) is 0 Å². The monoisotopic (exact) mass is 227 g/mol. The Kier molecular flexibility index (Phi) is 5.77. The molecule has 1 aliphatic heterocycles. The van der Waals surface area contributed by atoms with Gasteiger partial charge in [-0.05, 0) is 38.8 Å². The van der Waals surface area contributed by atoms with Crippen molar-refractivity contribution >= 4 is 5.91 Å². The van der Waals surface area contributed by atoms with E-state index in [9.17, 15) is 4.79 Å². The third kappa shape index (κ3) is 4.94. The summed E-state index contributed by atoms with van der Waals surface area (Å²) >= 11 is 0. The number of rotatable bonds is 5. The van der Waals surface area contributed by atoms with Crippen LogP contribution in [-0.2, 0) is 4.79 Å². The smallest absolute Gasteiger partial charge is 0.236 e. The Balaban J connectivity index is 2.21. The maximum atomic E-state index is 11.7. The summed E-state index contributed by atoms with van der Waals surface area (Å²) in [5.74, 6) is 0.627. The second-order valence-corrected chi connectivity index (χ2v) is 5.05. The van der Waals surface area contributed by atoms with Crippen molar-refractivity contribution in [2.24, 2.45) is 5.92 Å². The highest BCUT2D eigenvalue weighted by Crippen LogP contribution is 2.03. The summed E-state index contributed by atoms with van der Waals surface area (Å²) in [5.41, 5.74) is 0. The molecule has 1 aliphatic rings. The lowest BCUT2D eigenvalue weighted by Gasteiger charge is -2.26. The first-order valence-electron chi connectivity index (χ1n) is 6.34. The van der Waals surface area contributed by atoms with Gasteiger partial charge >= 0.3 is 0 Å². The van der Waals surface area contributed by atoms with E-state index in [1.54, 1.807) is 0 Å². The fraction of sp³-hybridized carbons (Fsp3) is 0.917. The van der Waals surface area contributed by atoms with Gasteiger partial charge in [0.1, 0.15) is 0 Å². The van der Waals surface area contributed by atoms with Crippen LogP contribution in [0.2, 0.25) is 0 Å². The van der Waals surface area contributed by atoms with Crippen LogP contribution in [0, 0.1) is 5.92 Å². The summed E-state index contributed by atoms with van der Waals surface area (Å²) in [6, 6.07) is 0.405. The molecule has 1 fully saturated rings. The van der Waals surface area contributed by atoms with E-state index in [4.69, 9.17) is 0 Å². The van der Waals surface area contributed by atoms with E-state index in [0.29, 0.717) is 12.0 Å². The minimum atomic E-state index is -0.0816. The second-order valence-electron chi connectivity index (χ2n) is 5.05. The van der Waals surface area contributed by atoms with Crippen molar-refractivity contribution < 1.29 is 4.79 Å². The molecule has 0 radical (unpaired) electrons. The molecular weight excluding hydrogens is 202 g/mol. The van der Waals surface area contributed by atoms with Gasteiger partial charge in [0, 0.05) is 12.6 Å². The summed E-state index contributed by atoms with van der Waals surface area (Å²) < 4.78 is 0. The fourth-order valence-electron chi connectivity index (χ4n) is 1.88. The molecule has 4 heteroatoms. The zero-order chi connectivity index (χ0) is 12.0. The van der Waals surface area contributed by atoms with Gasteiger partial charge in [0.15, 0.2) is 0 Å². The molecule has 1 heterocycles. The lowest BCUT2D eigenvalue weighted by atomic mass is 10.1. The van der Waals surface area contributed by atoms with E-state index in [0.717, 1.165) is 32.5 Å². The van der Waals surface area contributed by atoms with Gasteiger partial charge < -0.3 is 16.0 Å². The third-order valence-corrected chi connectivity index (χ3v) is 2.90. The van der Waals surface area contributed by atoms with Gasteiger partial charge in [-0.2, -0.15) is 0 Å². The summed E-state index contributed by atoms with van der Waals surface area (Å²) in [4.78, 5) is 11.7. The number of amides is 1. The predicted octanol–water partition coefficient (Wildman–Crippen LogP) is 0.489. The highest BCUT2D eigenvalue weighted by molar-refractivity contribution is 5.81. The van der Waals surface area contributed by atoms with E-state index in [1.807, 2.05) is 6.92 Å². The molecule has 1 unspecified atom stereocenters. The van der Waals surface area contributed by atoms with Crippen molar-refractivity contribution in [2.75, 3.05) is 19.6 Å². The van der Waals surface area contributed by atoms with Gasteiger partial charge in [-0.25, -0.2) is 0 Å². The molecule has 0 saturated carbocycles. The largest absolute Gasteiger partial charge is 0.354 e. The van der Waals surface area contributed by atoms with Gasteiger partial charge in [0.05, 0.1) is 6.04 Å². The van der Waals surface area contributed by atoms with E-state index >= 15 is 0 Å². The molecule has 16 heavy (non-hydrogen) atoms. The lowest BCUT2D eigenvalue weighted by Crippen LogP contribution is -2.50. The van der Waals surface area contributed by atoms with Crippen molar-refractivity contribution in [2.45, 2.75) is 45.7 Å². The number of carbonyl (C=O) groups is 1. The third-order valence-electron chi connectivity index (χ3n) is 2.90. The van der Waals surface area contributed by atoms with E-state index in [-0.39, 0.29) is 11.9 Å². The quantitative estimate of drug-likeness (QED) is 0.641. The molecule has 4 nitrogen and oxygen atoms in total. The van der Waals surface area contributed by atoms with Crippen LogP contribution < -0.4 is 16.0 Å². The number of hydrogen-bond donors (Lipinski definition) is 3. The van der Waals surface area contributed by atoms with Crippen molar-refractivity contribution in [1.29, 1.82) is 0 Å². The summed E-state index contributed by atoms with van der Waals surface area (Å²) in [6.45, 7) is 9.02. The first kappa shape index (κ1) is 13.5. The zero-order valence-electron chi connectivity index (χ0n) is 10.7. The summed E-state index contributed by atoms with van der Waals surface area (Å²) in [7, 11) is 0. The average molecular weight is 227 g/mol. The maximum Gasteiger partial charge on any atom is 0.236 e. The first-order valence-corrected chi connectivity index (χ1v) is 6.34. The summed E-state index contributed by atoms with van der Waals surface area (Å²) in [5, 5.41) is 9.66. The van der Waals surface area contributed by atoms with E-state index < -0.39 is 0 Å². The number of nitrogens with one attached hydrogen (secondary N) is 3. The van der Waals surface area contributed by atoms with Crippen LogP contribution in [0.5, 0.6) is 0 Å². The highest BCUT2D eigenvalue weighted by atomic mass is 16.2. The van der Waals surface area contributed by atoms with Crippen LogP contribution in [0.1, 0.15) is 33.6 Å². The van der Waals surface area contributed by atoms with Gasteiger partial charge in [0.2, 0.25) is 5.91 Å². The molecular formula is C12H25N3O. The average Bonchev–Trinajstić information content (AvgIpc) is 2.27. The van der Waals surface area contributed by atoms with Gasteiger partial charge in [0.25, 0.3) is 0 Å². The molecule has 0 aliphatic carbocycles. The maximum absolute atomic E-state index is 11.7. The molecule has 0 aromatic carbocycles. The zero-order valence-corrected chi connectivity index (χ0v) is 10.7. The van der Waals surface area contributed by atoms with Crippen LogP contribution in [0.15, 0.2) is 0 Å². The molecule has 0 bridgehead atoms. The Bertz CT molecular complexity index is 212. The molecule has 0 aromatic rings. The van der Waals surface area contributed by atoms with Crippen LogP contribution in [-0.4, -0.2) is 37.6 Å². The number of piperidine rings is 1. The van der Waals surface area contributed by atoms with E-state index in [2.05, 4.69) is 29.8 Å². The Hall–Kier alpha value is -0.610. The van der Waals surface area contributed by atoms with Crippen LogP contribution in [0.3, 0.4) is 0 Å². The first-order chi connectivity index (χ1) is 7.59. The molecule has 3 N–H and O–H groups in total. The lowest BCUT2D eigenvalue weighted by molar-refractivity contribution is -0.123.